The Balaban J connectivity index is 3.09. The topological polar surface area (TPSA) is 0 Å². The molecule has 0 spiro atoms. The zero-order chi connectivity index (χ0) is 9.14. The van der Waals surface area contributed by atoms with Crippen LogP contribution in [0.15, 0.2) is 17.0 Å². The summed E-state index contributed by atoms with van der Waals surface area (Å²) in [5, 5.41) is 0.214. The number of rotatable bonds is 2. The lowest BCUT2D eigenvalue weighted by atomic mass is 10.2. The second-order valence-electron chi connectivity index (χ2n) is 2.49. The molecule has 0 radical (unpaired) electrons. The highest BCUT2D eigenvalue weighted by Gasteiger charge is 2.06. The second-order valence-corrected chi connectivity index (χ2v) is 4.20. The first-order valence-corrected chi connectivity index (χ1v) is 5.10. The molecule has 1 aromatic carbocycles. The predicted octanol–water partition coefficient (Wildman–Crippen LogP) is 3.90. The molecule has 0 saturated heterocycles. The van der Waals surface area contributed by atoms with E-state index in [1.54, 1.807) is 6.07 Å². The Hall–Kier alpha value is -0.210. The zero-order valence-electron chi connectivity index (χ0n) is 7.03. The van der Waals surface area contributed by atoms with Gasteiger partial charge in [0.1, 0.15) is 0 Å². The summed E-state index contributed by atoms with van der Waals surface area (Å²) in [7, 11) is 0. The molecule has 1 aromatic rings. The van der Waals surface area contributed by atoms with E-state index in [0.717, 1.165) is 11.3 Å². The molecule has 0 saturated carbocycles. The fraction of sp³-hybridized carbons (Fsp3) is 0.333. The maximum Gasteiger partial charge on any atom is 0.155 e. The Bertz CT molecular complexity index is 286. The molecule has 0 aliphatic rings. The first-order valence-electron chi connectivity index (χ1n) is 3.73. The van der Waals surface area contributed by atoms with Crippen molar-refractivity contribution in [2.24, 2.45) is 0 Å². The maximum atomic E-state index is 13.2. The molecule has 3 heteroatoms. The monoisotopic (exact) mass is 204 g/mol. The van der Waals surface area contributed by atoms with Gasteiger partial charge in [-0.3, -0.25) is 0 Å². The highest BCUT2D eigenvalue weighted by atomic mass is 35.5. The van der Waals surface area contributed by atoms with Gasteiger partial charge in [0.25, 0.3) is 0 Å². The summed E-state index contributed by atoms with van der Waals surface area (Å²) in [4.78, 5) is 0.641. The van der Waals surface area contributed by atoms with E-state index >= 15 is 0 Å². The predicted molar refractivity (Wildman–Crippen MR) is 52.5 cm³/mol. The van der Waals surface area contributed by atoms with Crippen LogP contribution in [0.25, 0.3) is 0 Å². The summed E-state index contributed by atoms with van der Waals surface area (Å²) < 4.78 is 13.2. The molecule has 0 nitrogen and oxygen atoms in total. The lowest BCUT2D eigenvalue weighted by molar-refractivity contribution is 0.602. The Kier molecular flexibility index (Phi) is 3.41. The van der Waals surface area contributed by atoms with Gasteiger partial charge in [-0.25, -0.2) is 4.39 Å². The largest absolute Gasteiger partial charge is 0.204 e. The van der Waals surface area contributed by atoms with Crippen LogP contribution in [0.1, 0.15) is 12.5 Å². The van der Waals surface area contributed by atoms with Gasteiger partial charge in [0.05, 0.1) is 5.02 Å². The Morgan fingerprint density at radius 2 is 2.17 bits per heavy atom. The van der Waals surface area contributed by atoms with Crippen LogP contribution in [-0.4, -0.2) is 5.75 Å². The quantitative estimate of drug-likeness (QED) is 0.659. The minimum Gasteiger partial charge on any atom is -0.204 e. The SMILES string of the molecule is CCSc1cc(C)cc(Cl)c1F. The van der Waals surface area contributed by atoms with Crippen LogP contribution >= 0.6 is 23.4 Å². The molecule has 0 aromatic heterocycles. The molecule has 12 heavy (non-hydrogen) atoms. The Morgan fingerprint density at radius 3 is 2.75 bits per heavy atom. The molecule has 1 rings (SSSR count). The van der Waals surface area contributed by atoms with E-state index in [4.69, 9.17) is 11.6 Å². The van der Waals surface area contributed by atoms with E-state index in [1.807, 2.05) is 19.9 Å². The van der Waals surface area contributed by atoms with Crippen LogP contribution in [0.2, 0.25) is 5.02 Å². The van der Waals surface area contributed by atoms with Gasteiger partial charge >= 0.3 is 0 Å². The lowest BCUT2D eigenvalue weighted by Crippen LogP contribution is -1.85. The van der Waals surface area contributed by atoms with Gasteiger partial charge in [-0.2, -0.15) is 0 Å². The molecule has 0 unspecified atom stereocenters. The average Bonchev–Trinajstić information content (AvgIpc) is 2.00. The molecule has 0 N–H and O–H groups in total. The van der Waals surface area contributed by atoms with Crippen molar-refractivity contribution in [3.05, 3.63) is 28.5 Å². The number of hydrogen-bond donors (Lipinski definition) is 0. The summed E-state index contributed by atoms with van der Waals surface area (Å²) in [5.41, 5.74) is 0.998. The smallest absolute Gasteiger partial charge is 0.155 e. The van der Waals surface area contributed by atoms with Gasteiger partial charge in [-0.15, -0.1) is 11.8 Å². The maximum absolute atomic E-state index is 13.2. The average molecular weight is 205 g/mol. The Morgan fingerprint density at radius 1 is 1.50 bits per heavy atom. The van der Waals surface area contributed by atoms with E-state index in [2.05, 4.69) is 0 Å². The van der Waals surface area contributed by atoms with Crippen molar-refractivity contribution in [1.29, 1.82) is 0 Å². The van der Waals surface area contributed by atoms with Gasteiger partial charge in [0.2, 0.25) is 0 Å². The van der Waals surface area contributed by atoms with Crippen molar-refractivity contribution in [2.45, 2.75) is 18.7 Å². The third-order valence-corrected chi connectivity index (χ3v) is 2.61. The van der Waals surface area contributed by atoms with Gasteiger partial charge < -0.3 is 0 Å². The summed E-state index contributed by atoms with van der Waals surface area (Å²) in [6, 6.07) is 3.45. The fourth-order valence-electron chi connectivity index (χ4n) is 0.953. The van der Waals surface area contributed by atoms with Crippen LogP contribution in [0.3, 0.4) is 0 Å². The molecule has 66 valence electrons. The Labute approximate surface area is 81.1 Å². The summed E-state index contributed by atoms with van der Waals surface area (Å²) in [5.74, 6) is 0.561. The van der Waals surface area contributed by atoms with Crippen molar-refractivity contribution in [2.75, 3.05) is 5.75 Å². The summed E-state index contributed by atoms with van der Waals surface area (Å²) in [6.45, 7) is 3.89. The summed E-state index contributed by atoms with van der Waals surface area (Å²) in [6.07, 6.45) is 0. The standard InChI is InChI=1S/C9H10ClFS/c1-3-12-8-5-6(2)4-7(10)9(8)11/h4-5H,3H2,1-2H3. The molecule has 0 aliphatic carbocycles. The number of aryl methyl sites for hydroxylation is 1. The van der Waals surface area contributed by atoms with Crippen molar-refractivity contribution in [3.63, 3.8) is 0 Å². The molecular weight excluding hydrogens is 195 g/mol. The van der Waals surface area contributed by atoms with Crippen LogP contribution in [0.5, 0.6) is 0 Å². The van der Waals surface area contributed by atoms with Crippen molar-refractivity contribution < 1.29 is 4.39 Å². The van der Waals surface area contributed by atoms with Crippen LogP contribution in [0.4, 0.5) is 4.39 Å². The molecule has 0 aliphatic heterocycles. The molecule has 0 bridgehead atoms. The number of benzene rings is 1. The number of hydrogen-bond acceptors (Lipinski definition) is 1. The molecule has 0 heterocycles. The second kappa shape index (κ2) is 4.15. The van der Waals surface area contributed by atoms with Gasteiger partial charge in [-0.05, 0) is 30.4 Å². The minimum atomic E-state index is -0.297. The molecule has 0 atom stereocenters. The molecule has 0 fully saturated rings. The zero-order valence-corrected chi connectivity index (χ0v) is 8.60. The lowest BCUT2D eigenvalue weighted by Gasteiger charge is -2.03. The molecule has 0 amide bonds. The van der Waals surface area contributed by atoms with E-state index in [1.165, 1.54) is 11.8 Å². The fourth-order valence-corrected chi connectivity index (χ4v) is 2.10. The van der Waals surface area contributed by atoms with Gasteiger partial charge in [0, 0.05) is 4.90 Å². The van der Waals surface area contributed by atoms with Crippen molar-refractivity contribution >= 4 is 23.4 Å². The third kappa shape index (κ3) is 2.14. The highest BCUT2D eigenvalue weighted by molar-refractivity contribution is 7.99. The van der Waals surface area contributed by atoms with Crippen LogP contribution in [-0.2, 0) is 0 Å². The van der Waals surface area contributed by atoms with Gasteiger partial charge in [0.15, 0.2) is 5.82 Å². The summed E-state index contributed by atoms with van der Waals surface area (Å²) >= 11 is 7.14. The highest BCUT2D eigenvalue weighted by Crippen LogP contribution is 2.28. The van der Waals surface area contributed by atoms with E-state index < -0.39 is 0 Å². The van der Waals surface area contributed by atoms with E-state index in [-0.39, 0.29) is 10.8 Å². The first kappa shape index (κ1) is 9.87. The van der Waals surface area contributed by atoms with Gasteiger partial charge in [-0.1, -0.05) is 18.5 Å². The van der Waals surface area contributed by atoms with E-state index in [0.29, 0.717) is 4.90 Å². The first-order chi connectivity index (χ1) is 5.65. The van der Waals surface area contributed by atoms with E-state index in [9.17, 15) is 4.39 Å². The normalized spacial score (nSPS) is 10.3. The minimum absolute atomic E-state index is 0.214. The number of halogens is 2. The third-order valence-electron chi connectivity index (χ3n) is 1.44. The van der Waals surface area contributed by atoms with Crippen molar-refractivity contribution in [1.82, 2.24) is 0 Å². The number of thioether (sulfide) groups is 1. The molecular formula is C9H10ClFS. The van der Waals surface area contributed by atoms with Crippen LogP contribution < -0.4 is 0 Å². The van der Waals surface area contributed by atoms with Crippen LogP contribution in [0, 0.1) is 12.7 Å². The van der Waals surface area contributed by atoms with Crippen molar-refractivity contribution in [3.8, 4) is 0 Å².